The fraction of sp³-hybridized carbons (Fsp3) is 0.182. The minimum Gasteiger partial charge on any atom is -0.493 e. The Morgan fingerprint density at radius 3 is 2.94 bits per heavy atom. The van der Waals surface area contributed by atoms with Crippen LogP contribution in [0.2, 0.25) is 0 Å². The van der Waals surface area contributed by atoms with Gasteiger partial charge in [0.25, 0.3) is 11.5 Å². The number of fused-ring (bicyclic) bond motifs is 1. The van der Waals surface area contributed by atoms with E-state index in [0.29, 0.717) is 0 Å². The van der Waals surface area contributed by atoms with Gasteiger partial charge < -0.3 is 15.5 Å². The van der Waals surface area contributed by atoms with Crippen molar-refractivity contribution in [1.82, 2.24) is 14.7 Å². The fourth-order valence-corrected chi connectivity index (χ4v) is 1.53. The number of carbonyl (C=O) groups excluding carboxylic acids is 1. The van der Waals surface area contributed by atoms with E-state index in [1.807, 2.05) is 0 Å². The van der Waals surface area contributed by atoms with Gasteiger partial charge in [-0.1, -0.05) is 6.07 Å². The Labute approximate surface area is 101 Å². The molecule has 7 nitrogen and oxygen atoms in total. The zero-order valence-electron chi connectivity index (χ0n) is 9.33. The number of hydrogen-bond donors (Lipinski definition) is 3. The molecule has 7 heteroatoms. The van der Waals surface area contributed by atoms with Crippen LogP contribution in [0.15, 0.2) is 29.2 Å². The second-order valence-corrected chi connectivity index (χ2v) is 3.52. The standard InChI is InChI=1S/C11H11N3O4/c15-6-4-12-9(16)8-10(17)13-7-3-1-2-5-14(7)11(8)18/h1-3,5,15,17H,4,6H2,(H,12,16). The van der Waals surface area contributed by atoms with Gasteiger partial charge in [-0.15, -0.1) is 0 Å². The Morgan fingerprint density at radius 2 is 2.22 bits per heavy atom. The van der Waals surface area contributed by atoms with Gasteiger partial charge in [-0.05, 0) is 12.1 Å². The molecule has 0 unspecified atom stereocenters. The number of amides is 1. The van der Waals surface area contributed by atoms with Crippen LogP contribution in [0, 0.1) is 0 Å². The minimum absolute atomic E-state index is 0.00476. The summed E-state index contributed by atoms with van der Waals surface area (Å²) < 4.78 is 1.16. The smallest absolute Gasteiger partial charge is 0.274 e. The summed E-state index contributed by atoms with van der Waals surface area (Å²) in [5.41, 5.74) is -0.848. The molecule has 0 aromatic carbocycles. The van der Waals surface area contributed by atoms with Gasteiger partial charge in [-0.25, -0.2) is 0 Å². The number of rotatable bonds is 3. The summed E-state index contributed by atoms with van der Waals surface area (Å²) in [4.78, 5) is 27.4. The highest BCUT2D eigenvalue weighted by Gasteiger charge is 2.18. The van der Waals surface area contributed by atoms with E-state index in [9.17, 15) is 14.7 Å². The quantitative estimate of drug-likeness (QED) is 0.655. The molecule has 0 atom stereocenters. The molecule has 0 fully saturated rings. The Morgan fingerprint density at radius 1 is 1.44 bits per heavy atom. The van der Waals surface area contributed by atoms with Gasteiger partial charge in [0.2, 0.25) is 5.88 Å². The topological polar surface area (TPSA) is 104 Å². The van der Waals surface area contributed by atoms with Crippen LogP contribution < -0.4 is 10.9 Å². The number of nitrogens with one attached hydrogen (secondary N) is 1. The number of pyridine rings is 1. The zero-order valence-corrected chi connectivity index (χ0v) is 9.33. The third-order valence-electron chi connectivity index (χ3n) is 2.34. The highest BCUT2D eigenvalue weighted by molar-refractivity contribution is 5.96. The molecule has 0 aliphatic heterocycles. The molecule has 1 amide bonds. The first kappa shape index (κ1) is 12.1. The lowest BCUT2D eigenvalue weighted by Gasteiger charge is -2.06. The fourth-order valence-electron chi connectivity index (χ4n) is 1.53. The number of aromatic nitrogens is 2. The largest absolute Gasteiger partial charge is 0.493 e. The molecule has 0 aliphatic carbocycles. The Bertz CT molecular complexity index is 650. The molecule has 2 rings (SSSR count). The molecule has 0 spiro atoms. The van der Waals surface area contributed by atoms with Crippen molar-refractivity contribution in [3.8, 4) is 5.88 Å². The van der Waals surface area contributed by atoms with E-state index in [1.165, 1.54) is 12.3 Å². The molecule has 0 bridgehead atoms. The van der Waals surface area contributed by atoms with Crippen LogP contribution in [0.5, 0.6) is 5.88 Å². The van der Waals surface area contributed by atoms with E-state index in [2.05, 4.69) is 10.3 Å². The van der Waals surface area contributed by atoms with Crippen molar-refractivity contribution in [2.75, 3.05) is 13.2 Å². The molecule has 94 valence electrons. The third kappa shape index (κ3) is 2.03. The van der Waals surface area contributed by atoms with Crippen LogP contribution in [0.1, 0.15) is 10.4 Å². The van der Waals surface area contributed by atoms with Gasteiger partial charge in [0, 0.05) is 12.7 Å². The number of aromatic hydroxyl groups is 1. The average Bonchev–Trinajstić information content (AvgIpc) is 2.36. The van der Waals surface area contributed by atoms with Crippen LogP contribution >= 0.6 is 0 Å². The maximum atomic E-state index is 12.0. The molecule has 18 heavy (non-hydrogen) atoms. The Kier molecular flexibility index (Phi) is 3.24. The minimum atomic E-state index is -0.766. The van der Waals surface area contributed by atoms with Gasteiger partial charge in [0.15, 0.2) is 5.56 Å². The molecule has 0 saturated heterocycles. The summed E-state index contributed by atoms with van der Waals surface area (Å²) >= 11 is 0. The summed E-state index contributed by atoms with van der Waals surface area (Å²) in [5.74, 6) is -1.39. The van der Waals surface area contributed by atoms with Gasteiger partial charge in [-0.2, -0.15) is 4.98 Å². The average molecular weight is 249 g/mol. The summed E-state index contributed by atoms with van der Waals surface area (Å²) in [6.07, 6.45) is 1.45. The van der Waals surface area contributed by atoms with Crippen LogP contribution in [0.25, 0.3) is 5.65 Å². The Hall–Kier alpha value is -2.41. The predicted molar refractivity (Wildman–Crippen MR) is 62.5 cm³/mol. The second kappa shape index (κ2) is 4.84. The Balaban J connectivity index is 2.57. The second-order valence-electron chi connectivity index (χ2n) is 3.52. The SMILES string of the molecule is O=C(NCCO)c1c(O)nc2ccccn2c1=O. The number of hydrogen-bond acceptors (Lipinski definition) is 5. The van der Waals surface area contributed by atoms with Crippen LogP contribution in [-0.2, 0) is 0 Å². The van der Waals surface area contributed by atoms with Crippen molar-refractivity contribution in [2.45, 2.75) is 0 Å². The van der Waals surface area contributed by atoms with Gasteiger partial charge in [0.1, 0.15) is 5.65 Å². The lowest BCUT2D eigenvalue weighted by Crippen LogP contribution is -2.33. The first-order chi connectivity index (χ1) is 8.65. The summed E-state index contributed by atoms with van der Waals surface area (Å²) in [6.45, 7) is -0.260. The van der Waals surface area contributed by atoms with E-state index < -0.39 is 22.9 Å². The first-order valence-corrected chi connectivity index (χ1v) is 5.24. The van der Waals surface area contributed by atoms with Gasteiger partial charge >= 0.3 is 0 Å². The van der Waals surface area contributed by atoms with Crippen molar-refractivity contribution in [3.05, 3.63) is 40.3 Å². The third-order valence-corrected chi connectivity index (χ3v) is 2.34. The van der Waals surface area contributed by atoms with Crippen molar-refractivity contribution in [1.29, 1.82) is 0 Å². The number of aliphatic hydroxyl groups excluding tert-OH is 1. The molecular formula is C11H11N3O4. The maximum Gasteiger partial charge on any atom is 0.274 e. The lowest BCUT2D eigenvalue weighted by atomic mass is 10.3. The van der Waals surface area contributed by atoms with E-state index in [1.54, 1.807) is 12.1 Å². The summed E-state index contributed by atoms with van der Waals surface area (Å²) in [6, 6.07) is 4.81. The van der Waals surface area contributed by atoms with Crippen molar-refractivity contribution in [2.24, 2.45) is 0 Å². The molecule has 0 saturated carbocycles. The number of carbonyl (C=O) groups is 1. The van der Waals surface area contributed by atoms with Gasteiger partial charge in [-0.3, -0.25) is 14.0 Å². The van der Waals surface area contributed by atoms with Crippen LogP contribution in [0.4, 0.5) is 0 Å². The first-order valence-electron chi connectivity index (χ1n) is 5.24. The molecular weight excluding hydrogens is 238 g/mol. The molecule has 3 N–H and O–H groups in total. The van der Waals surface area contributed by atoms with Crippen LogP contribution in [-0.4, -0.2) is 38.7 Å². The number of aliphatic hydroxyl groups is 1. The highest BCUT2D eigenvalue weighted by Crippen LogP contribution is 2.10. The molecule has 0 radical (unpaired) electrons. The summed E-state index contributed by atoms with van der Waals surface area (Å²) in [7, 11) is 0. The zero-order chi connectivity index (χ0) is 13.1. The van der Waals surface area contributed by atoms with E-state index in [4.69, 9.17) is 5.11 Å². The van der Waals surface area contributed by atoms with E-state index in [0.717, 1.165) is 4.40 Å². The van der Waals surface area contributed by atoms with Crippen molar-refractivity contribution < 1.29 is 15.0 Å². The molecule has 2 aromatic rings. The molecule has 0 aliphatic rings. The van der Waals surface area contributed by atoms with E-state index >= 15 is 0 Å². The van der Waals surface area contributed by atoms with E-state index in [-0.39, 0.29) is 18.8 Å². The molecule has 2 aromatic heterocycles. The van der Waals surface area contributed by atoms with Crippen molar-refractivity contribution >= 4 is 11.6 Å². The van der Waals surface area contributed by atoms with Gasteiger partial charge in [0.05, 0.1) is 6.61 Å². The van der Waals surface area contributed by atoms with Crippen molar-refractivity contribution in [3.63, 3.8) is 0 Å². The van der Waals surface area contributed by atoms with Crippen LogP contribution in [0.3, 0.4) is 0 Å². The predicted octanol–water partition coefficient (Wildman–Crippen LogP) is -0.878. The maximum absolute atomic E-state index is 12.0. The number of nitrogens with zero attached hydrogens (tertiary/aromatic N) is 2. The lowest BCUT2D eigenvalue weighted by molar-refractivity contribution is 0.0939. The normalized spacial score (nSPS) is 10.5. The molecule has 2 heterocycles. The highest BCUT2D eigenvalue weighted by atomic mass is 16.3. The monoisotopic (exact) mass is 249 g/mol. The summed E-state index contributed by atoms with van der Waals surface area (Å²) in [5, 5.41) is 20.5.